The molecule has 0 aromatic heterocycles. The van der Waals surface area contributed by atoms with Gasteiger partial charge in [-0.3, -0.25) is 4.99 Å². The number of hydrogen-bond acceptors (Lipinski definition) is 3. The average molecular weight is 314 g/mol. The smallest absolute Gasteiger partial charge is 0.191 e. The number of rotatable bonds is 7. The van der Waals surface area contributed by atoms with E-state index in [0.717, 1.165) is 11.7 Å². The number of nitrogens with zero attached hydrogens (tertiary/aromatic N) is 1. The van der Waals surface area contributed by atoms with Crippen molar-refractivity contribution in [2.24, 2.45) is 4.99 Å². The number of nitrogens with one attached hydrogen (secondary N) is 2. The summed E-state index contributed by atoms with van der Waals surface area (Å²) in [7, 11) is 3.42. The Hall–Kier alpha value is -1.46. The van der Waals surface area contributed by atoms with E-state index in [4.69, 9.17) is 21.1 Å². The molecule has 0 aliphatic rings. The molecule has 0 saturated heterocycles. The van der Waals surface area contributed by atoms with Crippen LogP contribution in [-0.4, -0.2) is 45.4 Å². The Morgan fingerprint density at radius 1 is 1.33 bits per heavy atom. The van der Waals surface area contributed by atoms with Crippen molar-refractivity contribution in [1.82, 2.24) is 10.6 Å². The van der Waals surface area contributed by atoms with Crippen molar-refractivity contribution in [3.05, 3.63) is 29.3 Å². The van der Waals surface area contributed by atoms with Crippen molar-refractivity contribution in [2.45, 2.75) is 19.4 Å². The van der Waals surface area contributed by atoms with Crippen molar-refractivity contribution in [1.29, 1.82) is 0 Å². The molecule has 0 atom stereocenters. The van der Waals surface area contributed by atoms with Gasteiger partial charge in [0.15, 0.2) is 5.96 Å². The monoisotopic (exact) mass is 313 g/mol. The van der Waals surface area contributed by atoms with Gasteiger partial charge in [-0.05, 0) is 32.0 Å². The highest BCUT2D eigenvalue weighted by molar-refractivity contribution is 6.30. The third-order valence-electron chi connectivity index (χ3n) is 2.92. The van der Waals surface area contributed by atoms with Crippen LogP contribution in [0.15, 0.2) is 29.3 Å². The van der Waals surface area contributed by atoms with Crippen LogP contribution in [0.4, 0.5) is 0 Å². The Bertz CT molecular complexity index is 464. The SMILES string of the molecule is CN=C(NCCOc1cccc(Cl)c1)NCC(C)(C)OC. The number of guanidine groups is 1. The summed E-state index contributed by atoms with van der Waals surface area (Å²) in [6.07, 6.45) is 0. The van der Waals surface area contributed by atoms with Gasteiger partial charge in [-0.25, -0.2) is 0 Å². The predicted octanol–water partition coefficient (Wildman–Crippen LogP) is 2.31. The lowest BCUT2D eigenvalue weighted by molar-refractivity contribution is 0.0268. The van der Waals surface area contributed by atoms with Gasteiger partial charge in [0.25, 0.3) is 0 Å². The maximum Gasteiger partial charge on any atom is 0.191 e. The van der Waals surface area contributed by atoms with Gasteiger partial charge in [0.05, 0.1) is 12.1 Å². The van der Waals surface area contributed by atoms with Gasteiger partial charge in [-0.1, -0.05) is 17.7 Å². The molecule has 0 saturated carbocycles. The third-order valence-corrected chi connectivity index (χ3v) is 3.15. The molecule has 118 valence electrons. The van der Waals surface area contributed by atoms with E-state index in [-0.39, 0.29) is 5.60 Å². The molecule has 0 aliphatic carbocycles. The number of hydrogen-bond donors (Lipinski definition) is 2. The normalized spacial score (nSPS) is 12.1. The van der Waals surface area contributed by atoms with Crippen LogP contribution in [0.2, 0.25) is 5.02 Å². The van der Waals surface area contributed by atoms with E-state index in [1.165, 1.54) is 0 Å². The number of aliphatic imine (C=N–C) groups is 1. The molecule has 6 heteroatoms. The van der Waals surface area contributed by atoms with Gasteiger partial charge in [-0.15, -0.1) is 0 Å². The summed E-state index contributed by atoms with van der Waals surface area (Å²) < 4.78 is 10.9. The van der Waals surface area contributed by atoms with E-state index in [0.29, 0.717) is 24.7 Å². The second-order valence-electron chi connectivity index (χ2n) is 5.12. The third kappa shape index (κ3) is 7.20. The average Bonchev–Trinajstić information content (AvgIpc) is 2.46. The van der Waals surface area contributed by atoms with Crippen molar-refractivity contribution in [3.63, 3.8) is 0 Å². The number of ether oxygens (including phenoxy) is 2. The second-order valence-corrected chi connectivity index (χ2v) is 5.56. The quantitative estimate of drug-likeness (QED) is 0.461. The van der Waals surface area contributed by atoms with Gasteiger partial charge in [0.2, 0.25) is 0 Å². The molecule has 0 unspecified atom stereocenters. The molecule has 2 N–H and O–H groups in total. The van der Waals surface area contributed by atoms with E-state index in [2.05, 4.69) is 15.6 Å². The zero-order valence-corrected chi connectivity index (χ0v) is 13.8. The maximum atomic E-state index is 5.89. The molecule has 0 fully saturated rings. The molecule has 0 amide bonds. The topological polar surface area (TPSA) is 54.9 Å². The molecule has 1 aromatic carbocycles. The molecular weight excluding hydrogens is 290 g/mol. The zero-order chi connectivity index (χ0) is 15.7. The number of methoxy groups -OCH3 is 1. The largest absolute Gasteiger partial charge is 0.492 e. The fraction of sp³-hybridized carbons (Fsp3) is 0.533. The minimum atomic E-state index is -0.241. The molecule has 1 aromatic rings. The Morgan fingerprint density at radius 2 is 2.10 bits per heavy atom. The minimum absolute atomic E-state index is 0.241. The summed E-state index contributed by atoms with van der Waals surface area (Å²) in [5, 5.41) is 7.05. The highest BCUT2D eigenvalue weighted by Crippen LogP contribution is 2.16. The lowest BCUT2D eigenvalue weighted by Gasteiger charge is -2.24. The molecule has 1 rings (SSSR count). The van der Waals surface area contributed by atoms with E-state index < -0.39 is 0 Å². The van der Waals surface area contributed by atoms with Crippen molar-refractivity contribution in [3.8, 4) is 5.75 Å². The predicted molar refractivity (Wildman–Crippen MR) is 87.4 cm³/mol. The maximum absolute atomic E-state index is 5.89. The highest BCUT2D eigenvalue weighted by atomic mass is 35.5. The Morgan fingerprint density at radius 3 is 2.71 bits per heavy atom. The van der Waals surface area contributed by atoms with Gasteiger partial charge in [0.1, 0.15) is 12.4 Å². The molecule has 0 radical (unpaired) electrons. The van der Waals surface area contributed by atoms with E-state index in [9.17, 15) is 0 Å². The lowest BCUT2D eigenvalue weighted by atomic mass is 10.1. The lowest BCUT2D eigenvalue weighted by Crippen LogP contribution is -2.46. The summed E-state index contributed by atoms with van der Waals surface area (Å²) >= 11 is 5.89. The number of halogens is 1. The molecular formula is C15H24ClN3O2. The van der Waals surface area contributed by atoms with Gasteiger partial charge < -0.3 is 20.1 Å². The van der Waals surface area contributed by atoms with Gasteiger partial charge >= 0.3 is 0 Å². The first kappa shape index (κ1) is 17.6. The summed E-state index contributed by atoms with van der Waals surface area (Å²) in [4.78, 5) is 4.15. The van der Waals surface area contributed by atoms with Crippen LogP contribution in [0.5, 0.6) is 5.75 Å². The van der Waals surface area contributed by atoms with E-state index in [1.807, 2.05) is 32.0 Å². The van der Waals surface area contributed by atoms with Gasteiger partial charge in [-0.2, -0.15) is 0 Å². The standard InChI is InChI=1S/C15H24ClN3O2/c1-15(2,20-4)11-19-14(17-3)18-8-9-21-13-7-5-6-12(16)10-13/h5-7,10H,8-9,11H2,1-4H3,(H2,17,18,19). The Balaban J connectivity index is 2.27. The first-order chi connectivity index (χ1) is 9.96. The fourth-order valence-electron chi connectivity index (χ4n) is 1.48. The summed E-state index contributed by atoms with van der Waals surface area (Å²) in [6.45, 7) is 5.84. The summed E-state index contributed by atoms with van der Waals surface area (Å²) in [6, 6.07) is 7.34. The molecule has 0 spiro atoms. The summed E-state index contributed by atoms with van der Waals surface area (Å²) in [5.41, 5.74) is -0.241. The molecule has 0 aliphatic heterocycles. The van der Waals surface area contributed by atoms with Crippen LogP contribution >= 0.6 is 11.6 Å². The second kappa shape index (κ2) is 8.74. The molecule has 0 heterocycles. The van der Waals surface area contributed by atoms with Crippen LogP contribution in [0.25, 0.3) is 0 Å². The highest BCUT2D eigenvalue weighted by Gasteiger charge is 2.16. The zero-order valence-electron chi connectivity index (χ0n) is 13.1. The van der Waals surface area contributed by atoms with Crippen molar-refractivity contribution in [2.75, 3.05) is 33.9 Å². The van der Waals surface area contributed by atoms with E-state index >= 15 is 0 Å². The van der Waals surface area contributed by atoms with E-state index in [1.54, 1.807) is 20.2 Å². The first-order valence-corrected chi connectivity index (χ1v) is 7.22. The van der Waals surface area contributed by atoms with Crippen LogP contribution in [0, 0.1) is 0 Å². The molecule has 21 heavy (non-hydrogen) atoms. The summed E-state index contributed by atoms with van der Waals surface area (Å²) in [5.74, 6) is 1.47. The van der Waals surface area contributed by atoms with Gasteiger partial charge in [0, 0.05) is 25.7 Å². The van der Waals surface area contributed by atoms with Crippen LogP contribution in [0.3, 0.4) is 0 Å². The minimum Gasteiger partial charge on any atom is -0.492 e. The Labute approximate surface area is 131 Å². The fourth-order valence-corrected chi connectivity index (χ4v) is 1.66. The van der Waals surface area contributed by atoms with Crippen molar-refractivity contribution < 1.29 is 9.47 Å². The Kier molecular flexibility index (Phi) is 7.32. The van der Waals surface area contributed by atoms with Crippen LogP contribution in [0.1, 0.15) is 13.8 Å². The molecule has 5 nitrogen and oxygen atoms in total. The van der Waals surface area contributed by atoms with Crippen LogP contribution in [-0.2, 0) is 4.74 Å². The number of benzene rings is 1. The first-order valence-electron chi connectivity index (χ1n) is 6.85. The van der Waals surface area contributed by atoms with Crippen molar-refractivity contribution >= 4 is 17.6 Å². The molecule has 0 bridgehead atoms. The van der Waals surface area contributed by atoms with Crippen LogP contribution < -0.4 is 15.4 Å².